The average Bonchev–Trinajstić information content (AvgIpc) is 3.67. The Morgan fingerprint density at radius 1 is 1.03 bits per heavy atom. The van der Waals surface area contributed by atoms with Gasteiger partial charge in [0.05, 0.1) is 40.8 Å². The van der Waals surface area contributed by atoms with E-state index in [1.54, 1.807) is 42.3 Å². The maximum atomic E-state index is 13.3. The molecule has 0 spiro atoms. The third kappa shape index (κ3) is 10.5. The molecule has 4 atom stereocenters. The fourth-order valence-electron chi connectivity index (χ4n) is 6.75. The summed E-state index contributed by atoms with van der Waals surface area (Å²) in [6.07, 6.45) is 0.00522. The number of hydrazone groups is 1. The number of methoxy groups -OCH3 is 3. The van der Waals surface area contributed by atoms with Crippen molar-refractivity contribution in [2.75, 3.05) is 61.5 Å². The molecular weight excluding hydrogens is 804 g/mol. The lowest BCUT2D eigenvalue weighted by Gasteiger charge is -2.37. The monoisotopic (exact) mass is 851 g/mol. The maximum Gasteiger partial charge on any atom is 0.428 e. The molecule has 1 heterocycles. The molecular formula is C37H47N3O16P2. The Balaban J connectivity index is 1.24. The number of rotatable bonds is 20. The summed E-state index contributed by atoms with van der Waals surface area (Å²) < 4.78 is 56.7. The molecule has 1 aliphatic heterocycles. The highest BCUT2D eigenvalue weighted by Gasteiger charge is 2.52. The number of aliphatic hydroxyl groups is 1. The predicted octanol–water partition coefficient (Wildman–Crippen LogP) is 3.78. The van der Waals surface area contributed by atoms with Crippen molar-refractivity contribution in [1.82, 2.24) is 10.3 Å². The van der Waals surface area contributed by atoms with Crippen LogP contribution in [0.1, 0.15) is 53.5 Å². The Bertz CT molecular complexity index is 1950. The SMILES string of the molecule is COc1cc([C@H]2CC(COC=O)[C@@H](OC(=O)N/N=C/c3cccc(OCCCN(C)CCC(O)(P(O)O)P(=O)(O)O)c3)c3cc4c(cc32)OCO4)cc(OC)c1OC. The summed E-state index contributed by atoms with van der Waals surface area (Å²) in [5, 5.41) is 11.3. The van der Waals surface area contributed by atoms with E-state index in [0.717, 1.165) is 11.1 Å². The van der Waals surface area contributed by atoms with E-state index in [9.17, 15) is 38.8 Å². The molecule has 5 rings (SSSR count). The van der Waals surface area contributed by atoms with Gasteiger partial charge in [0.15, 0.2) is 23.0 Å². The van der Waals surface area contributed by atoms with Crippen molar-refractivity contribution < 1.29 is 76.7 Å². The van der Waals surface area contributed by atoms with Crippen LogP contribution < -0.4 is 33.8 Å². The predicted molar refractivity (Wildman–Crippen MR) is 208 cm³/mol. The molecule has 6 N–H and O–H groups in total. The van der Waals surface area contributed by atoms with Crippen LogP contribution in [0.2, 0.25) is 0 Å². The van der Waals surface area contributed by atoms with E-state index >= 15 is 0 Å². The van der Waals surface area contributed by atoms with Gasteiger partial charge in [0.2, 0.25) is 26.0 Å². The molecule has 19 nitrogen and oxygen atoms in total. The minimum Gasteiger partial charge on any atom is -0.494 e. The van der Waals surface area contributed by atoms with Crippen LogP contribution >= 0.6 is 16.0 Å². The first kappa shape index (κ1) is 44.4. The summed E-state index contributed by atoms with van der Waals surface area (Å²) in [5.74, 6) is 2.03. The molecule has 1 amide bonds. The van der Waals surface area contributed by atoms with Crippen LogP contribution in [0, 0.1) is 5.92 Å². The minimum absolute atomic E-state index is 0.00969. The van der Waals surface area contributed by atoms with Gasteiger partial charge < -0.3 is 67.5 Å². The fraction of sp³-hybridized carbons (Fsp3) is 0.432. The van der Waals surface area contributed by atoms with Crippen molar-refractivity contribution in [2.24, 2.45) is 11.0 Å². The van der Waals surface area contributed by atoms with Crippen LogP contribution in [0.3, 0.4) is 0 Å². The number of hydrogen-bond donors (Lipinski definition) is 6. The first-order chi connectivity index (χ1) is 27.7. The van der Waals surface area contributed by atoms with Crippen LogP contribution in [0.4, 0.5) is 4.79 Å². The highest BCUT2D eigenvalue weighted by molar-refractivity contribution is 7.69. The van der Waals surface area contributed by atoms with Crippen molar-refractivity contribution in [3.8, 4) is 34.5 Å². The van der Waals surface area contributed by atoms with Gasteiger partial charge in [-0.3, -0.25) is 9.36 Å². The first-order valence-corrected chi connectivity index (χ1v) is 20.7. The molecule has 2 unspecified atom stereocenters. The van der Waals surface area contributed by atoms with Crippen LogP contribution in [0.15, 0.2) is 53.6 Å². The normalized spacial score (nSPS) is 18.4. The summed E-state index contributed by atoms with van der Waals surface area (Å²) in [6.45, 7) is 0.976. The fourth-order valence-corrected chi connectivity index (χ4v) is 8.37. The Morgan fingerprint density at radius 2 is 1.72 bits per heavy atom. The summed E-state index contributed by atoms with van der Waals surface area (Å²) >= 11 is 0. The van der Waals surface area contributed by atoms with E-state index in [1.165, 1.54) is 27.5 Å². The number of nitrogens with zero attached hydrogens (tertiary/aromatic N) is 2. The van der Waals surface area contributed by atoms with E-state index in [1.807, 2.05) is 18.2 Å². The van der Waals surface area contributed by atoms with E-state index in [2.05, 4.69) is 10.5 Å². The van der Waals surface area contributed by atoms with Gasteiger partial charge in [0, 0.05) is 36.9 Å². The van der Waals surface area contributed by atoms with Crippen molar-refractivity contribution in [3.63, 3.8) is 0 Å². The minimum atomic E-state index is -5.18. The van der Waals surface area contributed by atoms with E-state index < -0.39 is 45.6 Å². The number of fused-ring (bicyclic) bond motifs is 2. The molecule has 316 valence electrons. The maximum absolute atomic E-state index is 13.3. The highest BCUT2D eigenvalue weighted by atomic mass is 31.2. The molecule has 21 heteroatoms. The Morgan fingerprint density at radius 3 is 2.34 bits per heavy atom. The summed E-state index contributed by atoms with van der Waals surface area (Å²) in [4.78, 5) is 63.8. The molecule has 0 aromatic heterocycles. The lowest BCUT2D eigenvalue weighted by atomic mass is 9.72. The Kier molecular flexibility index (Phi) is 15.2. The Hall–Kier alpha value is -4.71. The molecule has 1 aliphatic carbocycles. The van der Waals surface area contributed by atoms with Gasteiger partial charge in [-0.2, -0.15) is 5.10 Å². The molecule has 3 aromatic rings. The number of nitrogens with one attached hydrogen (secondary N) is 1. The van der Waals surface area contributed by atoms with Crippen LogP contribution in [0.5, 0.6) is 34.5 Å². The van der Waals surface area contributed by atoms with E-state index in [-0.39, 0.29) is 32.5 Å². The average molecular weight is 852 g/mol. The summed E-state index contributed by atoms with van der Waals surface area (Å²) in [7, 11) is -2.25. The lowest BCUT2D eigenvalue weighted by molar-refractivity contribution is -0.131. The zero-order chi connectivity index (χ0) is 42.0. The third-order valence-electron chi connectivity index (χ3n) is 9.72. The molecule has 58 heavy (non-hydrogen) atoms. The number of amides is 1. The van der Waals surface area contributed by atoms with Gasteiger partial charge in [-0.15, -0.1) is 0 Å². The lowest BCUT2D eigenvalue weighted by Crippen LogP contribution is -2.33. The van der Waals surface area contributed by atoms with E-state index in [4.69, 9.17) is 37.9 Å². The van der Waals surface area contributed by atoms with Gasteiger partial charge in [-0.1, -0.05) is 12.1 Å². The number of carbonyl (C=O) groups excluding carboxylic acids is 2. The van der Waals surface area contributed by atoms with Crippen molar-refractivity contribution in [1.29, 1.82) is 0 Å². The molecule has 0 bridgehead atoms. The van der Waals surface area contributed by atoms with Gasteiger partial charge >= 0.3 is 13.7 Å². The van der Waals surface area contributed by atoms with Gasteiger partial charge in [-0.05, 0) is 73.0 Å². The largest absolute Gasteiger partial charge is 0.494 e. The van der Waals surface area contributed by atoms with Crippen molar-refractivity contribution in [3.05, 3.63) is 70.8 Å². The Labute approximate surface area is 335 Å². The number of carbonyl (C=O) groups is 2. The second kappa shape index (κ2) is 19.8. The highest BCUT2D eigenvalue weighted by Crippen LogP contribution is 2.64. The quantitative estimate of drug-likeness (QED) is 0.0311. The molecule has 0 saturated carbocycles. The number of ether oxygens (including phenoxy) is 8. The topological polar surface area (TPSA) is 254 Å². The second-order valence-electron chi connectivity index (χ2n) is 13.4. The van der Waals surface area contributed by atoms with E-state index in [0.29, 0.717) is 71.5 Å². The second-order valence-corrected chi connectivity index (χ2v) is 16.9. The zero-order valence-electron chi connectivity index (χ0n) is 32.2. The zero-order valence-corrected chi connectivity index (χ0v) is 34.0. The van der Waals surface area contributed by atoms with Crippen molar-refractivity contribution >= 4 is 34.8 Å². The standard InChI is InChI=1S/C37H47N3O16P2/c1-40(11-9-37(43,57(44)45)58(46,47)48)10-6-12-53-26-8-5-7-23(13-26)19-38-39-36(42)56-34-25(20-52-21-41)14-27(28-17-30-31(18-29(28)34)55-22-54-30)24-15-32(49-2)35(51-4)33(16-24)50-3/h5,7-8,13,15-19,21,25,27,34,43-45H,6,9-12,14,20,22H2,1-4H3,(H,39,42)(H2,46,47,48)/b38-19+/t25?,27-,34-,37?/m1/s1. The molecule has 0 saturated heterocycles. The van der Waals surface area contributed by atoms with Crippen molar-refractivity contribution in [2.45, 2.75) is 36.4 Å². The van der Waals surface area contributed by atoms with Gasteiger partial charge in [-0.25, -0.2) is 10.2 Å². The molecule has 3 aromatic carbocycles. The van der Waals surface area contributed by atoms with Crippen LogP contribution in [-0.4, -0.2) is 115 Å². The smallest absolute Gasteiger partial charge is 0.428 e. The molecule has 2 aliphatic rings. The summed E-state index contributed by atoms with van der Waals surface area (Å²) in [5.41, 5.74) is 5.22. The van der Waals surface area contributed by atoms with Crippen LogP contribution in [-0.2, 0) is 18.8 Å². The van der Waals surface area contributed by atoms with Gasteiger partial charge in [0.1, 0.15) is 11.9 Å². The van der Waals surface area contributed by atoms with Gasteiger partial charge in [0.25, 0.3) is 6.47 Å². The summed E-state index contributed by atoms with van der Waals surface area (Å²) in [6, 6.07) is 14.2. The third-order valence-corrected chi connectivity index (χ3v) is 13.1. The first-order valence-electron chi connectivity index (χ1n) is 17.9. The number of benzene rings is 3. The molecule has 0 fully saturated rings. The number of hydrogen-bond acceptors (Lipinski definition) is 16. The molecule has 0 radical (unpaired) electrons. The van der Waals surface area contributed by atoms with Crippen LogP contribution in [0.25, 0.3) is 0 Å².